The number of benzene rings is 2. The molecule has 1 aromatic heterocycles. The lowest BCUT2D eigenvalue weighted by Gasteiger charge is -2.09. The third kappa shape index (κ3) is 3.75. The quantitative estimate of drug-likeness (QED) is 0.353. The lowest BCUT2D eigenvalue weighted by molar-refractivity contribution is 0.0479. The predicted molar refractivity (Wildman–Crippen MR) is 114 cm³/mol. The largest absolute Gasteiger partial charge is 0.495 e. The van der Waals surface area contributed by atoms with Crippen molar-refractivity contribution >= 4 is 56.4 Å². The minimum atomic E-state index is -0.656. The van der Waals surface area contributed by atoms with Gasteiger partial charge in [-0.05, 0) is 55.7 Å². The molecule has 28 heavy (non-hydrogen) atoms. The number of carbonyl (C=O) groups is 2. The van der Waals surface area contributed by atoms with Crippen LogP contribution in [0.25, 0.3) is 10.1 Å². The van der Waals surface area contributed by atoms with Crippen molar-refractivity contribution in [1.29, 1.82) is 0 Å². The van der Waals surface area contributed by atoms with Crippen molar-refractivity contribution in [2.45, 2.75) is 20.8 Å². The number of hydrogen-bond acceptors (Lipinski definition) is 5. The Kier molecular flexibility index (Phi) is 5.98. The Morgan fingerprint density at radius 3 is 2.36 bits per heavy atom. The van der Waals surface area contributed by atoms with Crippen molar-refractivity contribution in [3.63, 3.8) is 0 Å². The summed E-state index contributed by atoms with van der Waals surface area (Å²) in [6.07, 6.45) is 0. The van der Waals surface area contributed by atoms with Gasteiger partial charge in [0.05, 0.1) is 16.8 Å². The molecule has 0 aliphatic heterocycles. The molecule has 0 radical (unpaired) electrons. The summed E-state index contributed by atoms with van der Waals surface area (Å²) in [4.78, 5) is 25.2. The van der Waals surface area contributed by atoms with Gasteiger partial charge >= 0.3 is 5.97 Å². The summed E-state index contributed by atoms with van der Waals surface area (Å²) in [6.45, 7) is 5.43. The van der Waals surface area contributed by atoms with Crippen LogP contribution in [0, 0.1) is 20.8 Å². The van der Waals surface area contributed by atoms with Crippen LogP contribution in [0.1, 0.15) is 36.7 Å². The molecule has 0 spiro atoms. The number of methoxy groups -OCH3 is 1. The van der Waals surface area contributed by atoms with Gasteiger partial charge in [0.2, 0.25) is 5.78 Å². The average Bonchev–Trinajstić information content (AvgIpc) is 3.00. The van der Waals surface area contributed by atoms with Crippen molar-refractivity contribution in [3.05, 3.63) is 61.4 Å². The number of ether oxygens (including phenoxy) is 2. The van der Waals surface area contributed by atoms with Gasteiger partial charge in [-0.15, -0.1) is 11.3 Å². The van der Waals surface area contributed by atoms with Crippen molar-refractivity contribution in [3.8, 4) is 5.75 Å². The number of thiophene rings is 1. The Hall–Kier alpha value is -2.08. The van der Waals surface area contributed by atoms with Crippen molar-refractivity contribution in [2.75, 3.05) is 13.7 Å². The normalized spacial score (nSPS) is 10.9. The van der Waals surface area contributed by atoms with E-state index in [1.165, 1.54) is 7.11 Å². The molecule has 3 aromatic rings. The molecule has 0 unspecified atom stereocenters. The summed E-state index contributed by atoms with van der Waals surface area (Å²) < 4.78 is 11.1. The Bertz CT molecular complexity index is 1100. The van der Waals surface area contributed by atoms with Gasteiger partial charge in [0.1, 0.15) is 15.6 Å². The molecule has 0 N–H and O–H groups in total. The van der Waals surface area contributed by atoms with E-state index < -0.39 is 5.97 Å². The summed E-state index contributed by atoms with van der Waals surface area (Å²) in [6, 6.07) is 7.19. The van der Waals surface area contributed by atoms with E-state index >= 15 is 0 Å². The molecule has 0 aliphatic rings. The lowest BCUT2D eigenvalue weighted by atomic mass is 9.98. The van der Waals surface area contributed by atoms with Gasteiger partial charge in [0.25, 0.3) is 0 Å². The van der Waals surface area contributed by atoms with Crippen LogP contribution in [0.5, 0.6) is 5.75 Å². The zero-order valence-corrected chi connectivity index (χ0v) is 18.1. The maximum absolute atomic E-state index is 12.5. The topological polar surface area (TPSA) is 52.6 Å². The highest BCUT2D eigenvalue weighted by atomic mass is 35.5. The second-order valence-corrected chi connectivity index (χ2v) is 8.23. The molecule has 2 aromatic carbocycles. The number of hydrogen-bond donors (Lipinski definition) is 0. The van der Waals surface area contributed by atoms with E-state index in [1.807, 2.05) is 32.9 Å². The fourth-order valence-electron chi connectivity index (χ4n) is 2.90. The van der Waals surface area contributed by atoms with Crippen LogP contribution in [0.2, 0.25) is 10.0 Å². The maximum atomic E-state index is 12.5. The van der Waals surface area contributed by atoms with Crippen LogP contribution in [0.15, 0.2) is 24.3 Å². The molecule has 3 rings (SSSR count). The minimum Gasteiger partial charge on any atom is -0.495 e. The van der Waals surface area contributed by atoms with E-state index in [0.29, 0.717) is 26.4 Å². The number of halogens is 2. The minimum absolute atomic E-state index is 0.205. The van der Waals surface area contributed by atoms with Crippen LogP contribution in [-0.4, -0.2) is 25.5 Å². The number of fused-ring (bicyclic) bond motifs is 1. The number of aryl methyl sites for hydroxylation is 3. The van der Waals surface area contributed by atoms with Gasteiger partial charge < -0.3 is 9.47 Å². The van der Waals surface area contributed by atoms with E-state index in [4.69, 9.17) is 32.7 Å². The Balaban J connectivity index is 1.82. The first-order chi connectivity index (χ1) is 13.2. The highest BCUT2D eigenvalue weighted by molar-refractivity contribution is 7.22. The second-order valence-electron chi connectivity index (χ2n) is 6.45. The number of rotatable bonds is 5. The first-order valence-corrected chi connectivity index (χ1v) is 10.0. The second kappa shape index (κ2) is 8.11. The fraction of sp³-hybridized carbons (Fsp3) is 0.238. The first-order valence-electron chi connectivity index (χ1n) is 8.47. The van der Waals surface area contributed by atoms with Crippen LogP contribution >= 0.6 is 34.5 Å². The third-order valence-electron chi connectivity index (χ3n) is 4.58. The molecule has 0 fully saturated rings. The molecule has 7 heteroatoms. The molecule has 1 heterocycles. The van der Waals surface area contributed by atoms with Gasteiger partial charge in [-0.3, -0.25) is 4.79 Å². The van der Waals surface area contributed by atoms with Crippen LogP contribution in [0.3, 0.4) is 0 Å². The molecule has 0 atom stereocenters. The molecule has 0 aliphatic carbocycles. The molecular formula is C21H18Cl2O4S. The predicted octanol–water partition coefficient (Wildman–Crippen LogP) is 6.18. The lowest BCUT2D eigenvalue weighted by Crippen LogP contribution is -2.15. The van der Waals surface area contributed by atoms with E-state index in [1.54, 1.807) is 12.1 Å². The molecule has 0 amide bonds. The van der Waals surface area contributed by atoms with Gasteiger partial charge in [-0.1, -0.05) is 29.3 Å². The van der Waals surface area contributed by atoms with Crippen LogP contribution in [0.4, 0.5) is 0 Å². The number of esters is 1. The molecule has 146 valence electrons. The van der Waals surface area contributed by atoms with Crippen molar-refractivity contribution in [1.82, 2.24) is 0 Å². The smallest absolute Gasteiger partial charge is 0.350 e. The van der Waals surface area contributed by atoms with E-state index in [2.05, 4.69) is 0 Å². The molecule has 0 saturated carbocycles. The summed E-state index contributed by atoms with van der Waals surface area (Å²) in [5.74, 6) is -0.422. The molecule has 4 nitrogen and oxygen atoms in total. The monoisotopic (exact) mass is 436 g/mol. The van der Waals surface area contributed by atoms with Gasteiger partial charge in [-0.25, -0.2) is 4.79 Å². The average molecular weight is 437 g/mol. The summed E-state index contributed by atoms with van der Waals surface area (Å²) >= 11 is 13.8. The highest BCUT2D eigenvalue weighted by Gasteiger charge is 2.22. The number of ketones is 1. The number of carbonyl (C=O) groups excluding carboxylic acids is 2. The summed E-state index contributed by atoms with van der Waals surface area (Å²) in [7, 11) is 1.51. The maximum Gasteiger partial charge on any atom is 0.350 e. The Morgan fingerprint density at radius 2 is 1.68 bits per heavy atom. The molecular weight excluding hydrogens is 419 g/mol. The van der Waals surface area contributed by atoms with Crippen LogP contribution < -0.4 is 4.74 Å². The zero-order chi connectivity index (χ0) is 20.6. The third-order valence-corrected chi connectivity index (χ3v) is 6.78. The molecule has 0 bridgehead atoms. The van der Waals surface area contributed by atoms with E-state index in [0.717, 1.165) is 28.0 Å². The SMILES string of the molecule is COc1ccc2c(Cl)c(C(=O)OCC(=O)c3cc(C)c(C)cc3C)sc2c1Cl. The van der Waals surface area contributed by atoms with Crippen molar-refractivity contribution in [2.24, 2.45) is 0 Å². The standard InChI is InChI=1S/C21H18Cl2O4S/c1-10-7-12(3)14(8-11(10)2)15(24)9-27-21(25)20-17(22)13-5-6-16(26-4)18(23)19(13)28-20/h5-8H,9H2,1-4H3. The van der Waals surface area contributed by atoms with Crippen molar-refractivity contribution < 1.29 is 19.1 Å². The van der Waals surface area contributed by atoms with E-state index in [-0.39, 0.29) is 22.3 Å². The van der Waals surface area contributed by atoms with Crippen LogP contribution in [-0.2, 0) is 4.74 Å². The highest BCUT2D eigenvalue weighted by Crippen LogP contribution is 2.43. The Morgan fingerprint density at radius 1 is 1.00 bits per heavy atom. The first kappa shape index (κ1) is 20.6. The van der Waals surface area contributed by atoms with Gasteiger partial charge in [0, 0.05) is 10.9 Å². The zero-order valence-electron chi connectivity index (χ0n) is 15.8. The van der Waals surface area contributed by atoms with Gasteiger partial charge in [0.15, 0.2) is 6.61 Å². The summed E-state index contributed by atoms with van der Waals surface area (Å²) in [5, 5.41) is 1.28. The van der Waals surface area contributed by atoms with Gasteiger partial charge in [-0.2, -0.15) is 0 Å². The van der Waals surface area contributed by atoms with E-state index in [9.17, 15) is 9.59 Å². The fourth-order valence-corrected chi connectivity index (χ4v) is 4.68. The molecule has 0 saturated heterocycles. The number of Topliss-reactive ketones (excluding diaryl/α,β-unsaturated/α-hetero) is 1. The Labute approximate surface area is 177 Å². The summed E-state index contributed by atoms with van der Waals surface area (Å²) in [5.41, 5.74) is 3.51.